The molecule has 4 heteroatoms. The molecular formula is C12H22N2S2. The van der Waals surface area contributed by atoms with Crippen LogP contribution in [0.3, 0.4) is 0 Å². The first-order chi connectivity index (χ1) is 7.68. The number of nitrogens with one attached hydrogen (secondary N) is 1. The molecule has 0 fully saturated rings. The number of aromatic nitrogens is 1. The third-order valence-corrected chi connectivity index (χ3v) is 4.61. The Morgan fingerprint density at radius 3 is 2.81 bits per heavy atom. The van der Waals surface area contributed by atoms with Gasteiger partial charge in [0, 0.05) is 36.3 Å². The van der Waals surface area contributed by atoms with Gasteiger partial charge in [-0.15, -0.1) is 11.3 Å². The summed E-state index contributed by atoms with van der Waals surface area (Å²) in [5.41, 5.74) is 0. The molecule has 0 aliphatic rings. The summed E-state index contributed by atoms with van der Waals surface area (Å²) in [6.45, 7) is 7.84. The molecule has 0 saturated carbocycles. The average Bonchev–Trinajstić information content (AvgIpc) is 2.70. The van der Waals surface area contributed by atoms with Crippen LogP contribution in [0.15, 0.2) is 11.6 Å². The van der Waals surface area contributed by atoms with Gasteiger partial charge in [-0.05, 0) is 18.6 Å². The Morgan fingerprint density at radius 2 is 2.19 bits per heavy atom. The van der Waals surface area contributed by atoms with Crippen LogP contribution in [0.1, 0.15) is 25.8 Å². The highest BCUT2D eigenvalue weighted by atomic mass is 32.2. The van der Waals surface area contributed by atoms with E-state index in [4.69, 9.17) is 0 Å². The molecule has 1 aromatic rings. The normalized spacial score (nSPS) is 13.2. The first-order valence-electron chi connectivity index (χ1n) is 5.88. The molecule has 0 aliphatic carbocycles. The maximum Gasteiger partial charge on any atom is 0.0937 e. The first kappa shape index (κ1) is 14.0. The number of rotatable bonds is 8. The van der Waals surface area contributed by atoms with Crippen molar-refractivity contribution >= 4 is 23.1 Å². The van der Waals surface area contributed by atoms with Gasteiger partial charge in [0.25, 0.3) is 0 Å². The standard InChI is InChI=1S/C12H22N2S2/c1-10(2)8-15-9-11(3)13-5-4-12-14-6-7-16-12/h6-7,10-11,13H,4-5,8-9H2,1-3H3. The van der Waals surface area contributed by atoms with Crippen LogP contribution in [-0.4, -0.2) is 29.1 Å². The van der Waals surface area contributed by atoms with Crippen LogP contribution in [0.2, 0.25) is 0 Å². The number of thiazole rings is 1. The van der Waals surface area contributed by atoms with Crippen LogP contribution in [-0.2, 0) is 6.42 Å². The van der Waals surface area contributed by atoms with Crippen LogP contribution in [0.25, 0.3) is 0 Å². The molecule has 92 valence electrons. The van der Waals surface area contributed by atoms with E-state index in [1.807, 2.05) is 23.3 Å². The molecule has 1 aromatic heterocycles. The molecule has 2 nitrogen and oxygen atoms in total. The summed E-state index contributed by atoms with van der Waals surface area (Å²) in [5.74, 6) is 3.27. The SMILES string of the molecule is CC(C)CSCC(C)NCCc1nccs1. The van der Waals surface area contributed by atoms with Crippen LogP contribution >= 0.6 is 23.1 Å². The Labute approximate surface area is 107 Å². The first-order valence-corrected chi connectivity index (χ1v) is 7.91. The number of hydrogen-bond acceptors (Lipinski definition) is 4. The van der Waals surface area contributed by atoms with Gasteiger partial charge in [0.05, 0.1) is 5.01 Å². The van der Waals surface area contributed by atoms with E-state index in [9.17, 15) is 0 Å². The number of hydrogen-bond donors (Lipinski definition) is 1. The maximum atomic E-state index is 4.27. The van der Waals surface area contributed by atoms with Gasteiger partial charge in [-0.25, -0.2) is 4.98 Å². The van der Waals surface area contributed by atoms with Gasteiger partial charge in [0.15, 0.2) is 0 Å². The molecular weight excluding hydrogens is 236 g/mol. The molecule has 0 bridgehead atoms. The Morgan fingerprint density at radius 1 is 1.38 bits per heavy atom. The van der Waals surface area contributed by atoms with E-state index in [0.717, 1.165) is 18.9 Å². The largest absolute Gasteiger partial charge is 0.313 e. The van der Waals surface area contributed by atoms with Gasteiger partial charge < -0.3 is 5.32 Å². The summed E-state index contributed by atoms with van der Waals surface area (Å²) >= 11 is 3.78. The molecule has 0 saturated heterocycles. The summed E-state index contributed by atoms with van der Waals surface area (Å²) in [5, 5.41) is 6.81. The zero-order chi connectivity index (χ0) is 11.8. The van der Waals surface area contributed by atoms with E-state index < -0.39 is 0 Å². The Balaban J connectivity index is 2.00. The van der Waals surface area contributed by atoms with Crippen LogP contribution < -0.4 is 5.32 Å². The molecule has 1 rings (SSSR count). The minimum Gasteiger partial charge on any atom is -0.313 e. The highest BCUT2D eigenvalue weighted by Gasteiger charge is 2.03. The van der Waals surface area contributed by atoms with Crippen LogP contribution in [0.5, 0.6) is 0 Å². The van der Waals surface area contributed by atoms with Crippen molar-refractivity contribution < 1.29 is 0 Å². The molecule has 1 unspecified atom stereocenters. The van der Waals surface area contributed by atoms with E-state index in [1.165, 1.54) is 16.5 Å². The van der Waals surface area contributed by atoms with Crippen molar-refractivity contribution in [3.8, 4) is 0 Å². The lowest BCUT2D eigenvalue weighted by Gasteiger charge is -2.13. The number of nitrogens with zero attached hydrogens (tertiary/aromatic N) is 1. The Hall–Kier alpha value is -0.0600. The zero-order valence-electron chi connectivity index (χ0n) is 10.4. The van der Waals surface area contributed by atoms with E-state index in [-0.39, 0.29) is 0 Å². The van der Waals surface area contributed by atoms with Crippen molar-refractivity contribution in [2.24, 2.45) is 5.92 Å². The molecule has 0 spiro atoms. The van der Waals surface area contributed by atoms with Gasteiger partial charge >= 0.3 is 0 Å². The number of thioether (sulfide) groups is 1. The minimum absolute atomic E-state index is 0.601. The summed E-state index contributed by atoms with van der Waals surface area (Å²) in [7, 11) is 0. The van der Waals surface area contributed by atoms with Gasteiger partial charge in [-0.2, -0.15) is 11.8 Å². The predicted molar refractivity (Wildman–Crippen MR) is 75.4 cm³/mol. The summed E-state index contributed by atoms with van der Waals surface area (Å²) in [4.78, 5) is 4.27. The second kappa shape index (κ2) is 8.09. The molecule has 16 heavy (non-hydrogen) atoms. The van der Waals surface area contributed by atoms with Crippen molar-refractivity contribution in [2.75, 3.05) is 18.1 Å². The lowest BCUT2D eigenvalue weighted by Crippen LogP contribution is -2.30. The molecule has 0 aromatic carbocycles. The van der Waals surface area contributed by atoms with Gasteiger partial charge in [-0.1, -0.05) is 13.8 Å². The van der Waals surface area contributed by atoms with E-state index in [1.54, 1.807) is 11.3 Å². The molecule has 1 heterocycles. The second-order valence-electron chi connectivity index (χ2n) is 4.46. The average molecular weight is 258 g/mol. The van der Waals surface area contributed by atoms with Crippen LogP contribution in [0, 0.1) is 5.92 Å². The molecule has 0 amide bonds. The zero-order valence-corrected chi connectivity index (χ0v) is 12.0. The van der Waals surface area contributed by atoms with Crippen molar-refractivity contribution in [1.29, 1.82) is 0 Å². The fraction of sp³-hybridized carbons (Fsp3) is 0.750. The molecule has 1 N–H and O–H groups in total. The molecule has 0 radical (unpaired) electrons. The lowest BCUT2D eigenvalue weighted by molar-refractivity contribution is 0.595. The monoisotopic (exact) mass is 258 g/mol. The molecule has 1 atom stereocenters. The summed E-state index contributed by atoms with van der Waals surface area (Å²) in [6.07, 6.45) is 2.93. The highest BCUT2D eigenvalue weighted by Crippen LogP contribution is 2.09. The smallest absolute Gasteiger partial charge is 0.0937 e. The lowest BCUT2D eigenvalue weighted by atomic mass is 10.3. The highest BCUT2D eigenvalue weighted by molar-refractivity contribution is 7.99. The Kier molecular flexibility index (Phi) is 7.08. The molecule has 0 aliphatic heterocycles. The minimum atomic E-state index is 0.601. The predicted octanol–water partition coefficient (Wildman–Crippen LogP) is 3.05. The third kappa shape index (κ3) is 6.51. The van der Waals surface area contributed by atoms with Crippen molar-refractivity contribution in [2.45, 2.75) is 33.2 Å². The fourth-order valence-corrected chi connectivity index (χ4v) is 3.04. The van der Waals surface area contributed by atoms with Gasteiger partial charge in [0.2, 0.25) is 0 Å². The van der Waals surface area contributed by atoms with Gasteiger partial charge in [-0.3, -0.25) is 0 Å². The third-order valence-electron chi connectivity index (χ3n) is 2.13. The quantitative estimate of drug-likeness (QED) is 0.776. The van der Waals surface area contributed by atoms with Crippen molar-refractivity contribution in [1.82, 2.24) is 10.3 Å². The van der Waals surface area contributed by atoms with E-state index in [2.05, 4.69) is 31.1 Å². The maximum absolute atomic E-state index is 4.27. The van der Waals surface area contributed by atoms with Crippen molar-refractivity contribution in [3.63, 3.8) is 0 Å². The van der Waals surface area contributed by atoms with Gasteiger partial charge in [0.1, 0.15) is 0 Å². The van der Waals surface area contributed by atoms with E-state index >= 15 is 0 Å². The fourth-order valence-electron chi connectivity index (χ4n) is 1.34. The second-order valence-corrected chi connectivity index (χ2v) is 6.52. The topological polar surface area (TPSA) is 24.9 Å². The summed E-state index contributed by atoms with van der Waals surface area (Å²) < 4.78 is 0. The van der Waals surface area contributed by atoms with Crippen LogP contribution in [0.4, 0.5) is 0 Å². The van der Waals surface area contributed by atoms with E-state index in [0.29, 0.717) is 6.04 Å². The van der Waals surface area contributed by atoms with Crippen molar-refractivity contribution in [3.05, 3.63) is 16.6 Å². The Bertz CT molecular complexity index is 260. The summed E-state index contributed by atoms with van der Waals surface area (Å²) in [6, 6.07) is 0.601.